The van der Waals surface area contributed by atoms with Crippen LogP contribution in [0.2, 0.25) is 0 Å². The first-order chi connectivity index (χ1) is 10.6. The first-order valence-corrected chi connectivity index (χ1v) is 8.24. The number of hydrogen-bond acceptors (Lipinski definition) is 4. The van der Waals surface area contributed by atoms with Crippen LogP contribution in [0, 0.1) is 13.8 Å². The summed E-state index contributed by atoms with van der Waals surface area (Å²) in [6, 6.07) is 2.10. The quantitative estimate of drug-likeness (QED) is 0.808. The molecule has 6 heteroatoms. The molecule has 122 valence electrons. The number of amides is 1. The number of nitrogens with zero attached hydrogens (tertiary/aromatic N) is 4. The molecule has 0 radical (unpaired) electrons. The van der Waals surface area contributed by atoms with E-state index in [0.29, 0.717) is 5.91 Å². The van der Waals surface area contributed by atoms with E-state index >= 15 is 0 Å². The van der Waals surface area contributed by atoms with Gasteiger partial charge in [0.25, 0.3) is 0 Å². The Hall–Kier alpha value is -1.40. The first-order valence-electron chi connectivity index (χ1n) is 8.24. The van der Waals surface area contributed by atoms with Crippen LogP contribution in [-0.4, -0.2) is 70.9 Å². The second kappa shape index (κ2) is 6.79. The molecule has 0 saturated carbocycles. The third kappa shape index (κ3) is 3.67. The van der Waals surface area contributed by atoms with Crippen LogP contribution in [0.25, 0.3) is 0 Å². The van der Waals surface area contributed by atoms with Gasteiger partial charge < -0.3 is 9.64 Å². The highest BCUT2D eigenvalue weighted by molar-refractivity contribution is 5.78. The van der Waals surface area contributed by atoms with Crippen molar-refractivity contribution in [2.45, 2.75) is 39.3 Å². The van der Waals surface area contributed by atoms with E-state index in [1.807, 2.05) is 16.5 Å². The third-order valence-corrected chi connectivity index (χ3v) is 4.56. The largest absolute Gasteiger partial charge is 0.374 e. The summed E-state index contributed by atoms with van der Waals surface area (Å²) in [4.78, 5) is 16.1. The van der Waals surface area contributed by atoms with Gasteiger partial charge in [0.1, 0.15) is 0 Å². The van der Waals surface area contributed by atoms with Crippen LogP contribution in [0.1, 0.15) is 24.2 Å². The van der Waals surface area contributed by atoms with Gasteiger partial charge in [-0.1, -0.05) is 0 Å². The maximum atomic E-state index is 11.7. The van der Waals surface area contributed by atoms with Crippen molar-refractivity contribution in [2.75, 3.05) is 39.3 Å². The van der Waals surface area contributed by atoms with Gasteiger partial charge in [-0.15, -0.1) is 0 Å². The number of carbonyl (C=O) groups excluding carboxylic acids is 1. The molecule has 1 amide bonds. The van der Waals surface area contributed by atoms with Gasteiger partial charge in [-0.2, -0.15) is 5.10 Å². The van der Waals surface area contributed by atoms with E-state index in [2.05, 4.69) is 23.0 Å². The Labute approximate surface area is 132 Å². The zero-order valence-electron chi connectivity index (χ0n) is 13.6. The van der Waals surface area contributed by atoms with E-state index in [-0.39, 0.29) is 6.10 Å². The van der Waals surface area contributed by atoms with Crippen molar-refractivity contribution in [3.63, 3.8) is 0 Å². The predicted octanol–water partition coefficient (Wildman–Crippen LogP) is 0.823. The maximum Gasteiger partial charge on any atom is 0.222 e. The molecule has 2 aliphatic rings. The van der Waals surface area contributed by atoms with Crippen molar-refractivity contribution in [1.29, 1.82) is 0 Å². The van der Waals surface area contributed by atoms with Crippen molar-refractivity contribution in [1.82, 2.24) is 19.6 Å². The molecule has 2 aliphatic heterocycles. The molecule has 3 rings (SSSR count). The lowest BCUT2D eigenvalue weighted by Crippen LogP contribution is -2.47. The Balaban J connectivity index is 1.48. The number of carbonyl (C=O) groups is 1. The van der Waals surface area contributed by atoms with E-state index in [1.54, 1.807) is 0 Å². The number of aromatic nitrogens is 2. The molecule has 22 heavy (non-hydrogen) atoms. The molecular weight excluding hydrogens is 280 g/mol. The fourth-order valence-electron chi connectivity index (χ4n) is 3.35. The van der Waals surface area contributed by atoms with Gasteiger partial charge in [-0.05, 0) is 26.3 Å². The number of morpholine rings is 1. The minimum atomic E-state index is 0.182. The molecule has 0 unspecified atom stereocenters. The van der Waals surface area contributed by atoms with Crippen molar-refractivity contribution in [2.24, 2.45) is 0 Å². The van der Waals surface area contributed by atoms with Crippen molar-refractivity contribution >= 4 is 5.91 Å². The number of rotatable bonds is 5. The number of likely N-dealkylation sites (tertiary alicyclic amines) is 1. The fourth-order valence-corrected chi connectivity index (χ4v) is 3.35. The molecule has 6 nitrogen and oxygen atoms in total. The van der Waals surface area contributed by atoms with Crippen LogP contribution in [0.4, 0.5) is 0 Å². The zero-order valence-corrected chi connectivity index (χ0v) is 13.6. The minimum absolute atomic E-state index is 0.182. The van der Waals surface area contributed by atoms with Crippen molar-refractivity contribution < 1.29 is 9.53 Å². The van der Waals surface area contributed by atoms with Gasteiger partial charge in [-0.3, -0.25) is 14.4 Å². The molecule has 3 heterocycles. The first kappa shape index (κ1) is 15.5. The van der Waals surface area contributed by atoms with Crippen molar-refractivity contribution in [3.8, 4) is 0 Å². The molecule has 1 atom stereocenters. The molecule has 0 bridgehead atoms. The topological polar surface area (TPSA) is 50.6 Å². The molecule has 2 fully saturated rings. The summed E-state index contributed by atoms with van der Waals surface area (Å²) in [5.41, 5.74) is 2.23. The maximum absolute atomic E-state index is 11.7. The van der Waals surface area contributed by atoms with Gasteiger partial charge in [0.05, 0.1) is 24.9 Å². The van der Waals surface area contributed by atoms with E-state index in [9.17, 15) is 4.79 Å². The molecule has 0 N–H and O–H groups in total. The second-order valence-corrected chi connectivity index (χ2v) is 6.39. The van der Waals surface area contributed by atoms with Crippen LogP contribution in [0.3, 0.4) is 0 Å². The van der Waals surface area contributed by atoms with Gasteiger partial charge in [-0.25, -0.2) is 0 Å². The van der Waals surface area contributed by atoms with Gasteiger partial charge in [0.2, 0.25) is 5.91 Å². The standard InChI is InChI=1S/C16H26N4O2/c1-13-10-14(2)20(17-13)12-15-11-18(8-9-22-15)6-7-19-5-3-4-16(19)21/h10,15H,3-9,11-12H2,1-2H3/t15-/m1/s1. The second-order valence-electron chi connectivity index (χ2n) is 6.39. The highest BCUT2D eigenvalue weighted by Gasteiger charge is 2.24. The van der Waals surface area contributed by atoms with Crippen LogP contribution in [0.15, 0.2) is 6.07 Å². The average molecular weight is 306 g/mol. The molecule has 2 saturated heterocycles. The van der Waals surface area contributed by atoms with Gasteiger partial charge in [0, 0.05) is 44.8 Å². The summed E-state index contributed by atoms with van der Waals surface area (Å²) >= 11 is 0. The van der Waals surface area contributed by atoms with Crippen LogP contribution in [0.5, 0.6) is 0 Å². The van der Waals surface area contributed by atoms with E-state index < -0.39 is 0 Å². The summed E-state index contributed by atoms with van der Waals surface area (Å²) in [6.07, 6.45) is 1.92. The highest BCUT2D eigenvalue weighted by Crippen LogP contribution is 2.12. The Morgan fingerprint density at radius 1 is 1.32 bits per heavy atom. The molecule has 0 spiro atoms. The SMILES string of the molecule is Cc1cc(C)n(C[C@H]2CN(CCN3CCCC3=O)CCO2)n1. The van der Waals surface area contributed by atoms with Gasteiger partial charge in [0.15, 0.2) is 0 Å². The Bertz CT molecular complexity index is 528. The van der Waals surface area contributed by atoms with Crippen LogP contribution in [-0.2, 0) is 16.1 Å². The fraction of sp³-hybridized carbons (Fsp3) is 0.750. The summed E-state index contributed by atoms with van der Waals surface area (Å²) in [6.45, 7) is 10.3. The number of aryl methyl sites for hydroxylation is 2. The van der Waals surface area contributed by atoms with Crippen LogP contribution < -0.4 is 0 Å². The Morgan fingerprint density at radius 3 is 2.86 bits per heavy atom. The zero-order chi connectivity index (χ0) is 15.5. The predicted molar refractivity (Wildman–Crippen MR) is 83.7 cm³/mol. The summed E-state index contributed by atoms with van der Waals surface area (Å²) in [7, 11) is 0. The summed E-state index contributed by atoms with van der Waals surface area (Å²) in [5.74, 6) is 0.312. The minimum Gasteiger partial charge on any atom is -0.374 e. The lowest BCUT2D eigenvalue weighted by atomic mass is 10.2. The summed E-state index contributed by atoms with van der Waals surface area (Å²) in [5, 5.41) is 4.51. The monoisotopic (exact) mass is 306 g/mol. The molecule has 0 aromatic carbocycles. The third-order valence-electron chi connectivity index (χ3n) is 4.56. The number of hydrogen-bond donors (Lipinski definition) is 0. The van der Waals surface area contributed by atoms with Crippen LogP contribution >= 0.6 is 0 Å². The lowest BCUT2D eigenvalue weighted by molar-refractivity contribution is -0.128. The number of ether oxygens (including phenoxy) is 1. The van der Waals surface area contributed by atoms with E-state index in [0.717, 1.165) is 64.4 Å². The Kier molecular flexibility index (Phi) is 4.78. The summed E-state index contributed by atoms with van der Waals surface area (Å²) < 4.78 is 7.92. The normalized spacial score (nSPS) is 23.5. The lowest BCUT2D eigenvalue weighted by Gasteiger charge is -2.34. The molecule has 0 aliphatic carbocycles. The molecular formula is C16H26N4O2. The molecule has 1 aromatic rings. The Morgan fingerprint density at radius 2 is 2.18 bits per heavy atom. The van der Waals surface area contributed by atoms with E-state index in [4.69, 9.17) is 4.74 Å². The smallest absolute Gasteiger partial charge is 0.222 e. The van der Waals surface area contributed by atoms with Crippen molar-refractivity contribution in [3.05, 3.63) is 17.5 Å². The highest BCUT2D eigenvalue weighted by atomic mass is 16.5. The average Bonchev–Trinajstić information content (AvgIpc) is 3.03. The van der Waals surface area contributed by atoms with Gasteiger partial charge >= 0.3 is 0 Å². The molecule has 1 aromatic heterocycles. The van der Waals surface area contributed by atoms with E-state index in [1.165, 1.54) is 5.69 Å².